The lowest BCUT2D eigenvalue weighted by atomic mass is 10.2. The van der Waals surface area contributed by atoms with E-state index in [9.17, 15) is 9.18 Å². The first-order valence-corrected chi connectivity index (χ1v) is 6.31. The van der Waals surface area contributed by atoms with Crippen molar-refractivity contribution in [2.75, 3.05) is 25.0 Å². The van der Waals surface area contributed by atoms with Crippen LogP contribution in [0.5, 0.6) is 0 Å². The monoisotopic (exact) mass is 250 g/mol. The number of nitrogens with zero attached hydrogens (tertiary/aromatic N) is 1. The van der Waals surface area contributed by atoms with Gasteiger partial charge in [0.25, 0.3) is 0 Å². The normalized spacial score (nSPS) is 14.6. The molecule has 1 aliphatic rings. The van der Waals surface area contributed by atoms with Crippen molar-refractivity contribution in [3.8, 4) is 0 Å². The van der Waals surface area contributed by atoms with E-state index in [1.54, 1.807) is 26.1 Å². The number of aryl methyl sites for hydroxylation is 1. The van der Waals surface area contributed by atoms with Gasteiger partial charge >= 0.3 is 0 Å². The van der Waals surface area contributed by atoms with Gasteiger partial charge in [-0.2, -0.15) is 0 Å². The lowest BCUT2D eigenvalue weighted by molar-refractivity contribution is -0.117. The predicted molar refractivity (Wildman–Crippen MR) is 70.1 cm³/mol. The van der Waals surface area contributed by atoms with Gasteiger partial charge in [-0.1, -0.05) is 6.07 Å². The fraction of sp³-hybridized carbons (Fsp3) is 0.500. The van der Waals surface area contributed by atoms with Crippen molar-refractivity contribution in [3.05, 3.63) is 29.6 Å². The summed E-state index contributed by atoms with van der Waals surface area (Å²) in [7, 11) is 1.67. The summed E-state index contributed by atoms with van der Waals surface area (Å²) in [4.78, 5) is 13.4. The number of benzene rings is 1. The Labute approximate surface area is 107 Å². The van der Waals surface area contributed by atoms with Gasteiger partial charge in [0.05, 0.1) is 6.54 Å². The van der Waals surface area contributed by atoms with E-state index in [4.69, 9.17) is 0 Å². The molecule has 0 bridgehead atoms. The quantitative estimate of drug-likeness (QED) is 0.868. The van der Waals surface area contributed by atoms with Crippen molar-refractivity contribution in [1.82, 2.24) is 5.32 Å². The van der Waals surface area contributed by atoms with Gasteiger partial charge in [-0.25, -0.2) is 4.39 Å². The Hall–Kier alpha value is -1.42. The summed E-state index contributed by atoms with van der Waals surface area (Å²) in [6.45, 7) is 2.92. The van der Waals surface area contributed by atoms with Gasteiger partial charge in [-0.05, 0) is 49.9 Å². The molecule has 98 valence electrons. The molecule has 1 amide bonds. The van der Waals surface area contributed by atoms with E-state index < -0.39 is 0 Å². The second kappa shape index (κ2) is 5.48. The average Bonchev–Trinajstić information content (AvgIpc) is 3.15. The molecule has 0 aromatic heterocycles. The molecule has 2 rings (SSSR count). The van der Waals surface area contributed by atoms with Gasteiger partial charge in [0.1, 0.15) is 5.82 Å². The molecule has 0 unspecified atom stereocenters. The molecule has 1 aromatic carbocycles. The number of anilines is 1. The first-order chi connectivity index (χ1) is 8.58. The van der Waals surface area contributed by atoms with Crippen LogP contribution in [0.25, 0.3) is 0 Å². The number of carbonyl (C=O) groups is 1. The molecular weight excluding hydrogens is 231 g/mol. The molecular formula is C14H19FN2O. The van der Waals surface area contributed by atoms with Crippen molar-refractivity contribution < 1.29 is 9.18 Å². The SMILES string of the molecule is Cc1ccc(N(C)C(=O)CNCC2CC2)cc1F. The highest BCUT2D eigenvalue weighted by Crippen LogP contribution is 2.27. The van der Waals surface area contributed by atoms with Crippen LogP contribution in [0.3, 0.4) is 0 Å². The number of hydrogen-bond acceptors (Lipinski definition) is 2. The number of likely N-dealkylation sites (N-methyl/N-ethyl adjacent to an activating group) is 1. The van der Waals surface area contributed by atoms with Crippen molar-refractivity contribution in [3.63, 3.8) is 0 Å². The van der Waals surface area contributed by atoms with Gasteiger partial charge in [-0.15, -0.1) is 0 Å². The van der Waals surface area contributed by atoms with Crippen molar-refractivity contribution in [2.24, 2.45) is 5.92 Å². The lowest BCUT2D eigenvalue weighted by Gasteiger charge is -2.18. The number of hydrogen-bond donors (Lipinski definition) is 1. The maximum atomic E-state index is 13.4. The summed E-state index contributed by atoms with van der Waals surface area (Å²) in [5.41, 5.74) is 1.18. The second-order valence-electron chi connectivity index (χ2n) is 4.96. The van der Waals surface area contributed by atoms with Crippen LogP contribution in [0.1, 0.15) is 18.4 Å². The number of halogens is 1. The Kier molecular flexibility index (Phi) is 3.97. The number of nitrogens with one attached hydrogen (secondary N) is 1. The summed E-state index contributed by atoms with van der Waals surface area (Å²) < 4.78 is 13.4. The first-order valence-electron chi connectivity index (χ1n) is 6.31. The third-order valence-corrected chi connectivity index (χ3v) is 3.32. The lowest BCUT2D eigenvalue weighted by Crippen LogP contribution is -2.36. The van der Waals surface area contributed by atoms with Crippen molar-refractivity contribution in [2.45, 2.75) is 19.8 Å². The molecule has 1 aliphatic carbocycles. The van der Waals surface area contributed by atoms with Crippen LogP contribution in [0.4, 0.5) is 10.1 Å². The second-order valence-corrected chi connectivity index (χ2v) is 4.96. The highest BCUT2D eigenvalue weighted by atomic mass is 19.1. The number of carbonyl (C=O) groups excluding carboxylic acids is 1. The molecule has 4 heteroatoms. The largest absolute Gasteiger partial charge is 0.314 e. The Bertz CT molecular complexity index is 443. The minimum absolute atomic E-state index is 0.0427. The van der Waals surface area contributed by atoms with Gasteiger partial charge in [0.2, 0.25) is 5.91 Å². The minimum atomic E-state index is -0.280. The van der Waals surface area contributed by atoms with Crippen LogP contribution in [-0.2, 0) is 4.79 Å². The summed E-state index contributed by atoms with van der Waals surface area (Å²) in [5, 5.41) is 3.14. The molecule has 0 aliphatic heterocycles. The molecule has 3 nitrogen and oxygen atoms in total. The van der Waals surface area contributed by atoms with E-state index in [-0.39, 0.29) is 11.7 Å². The third kappa shape index (κ3) is 3.29. The molecule has 0 atom stereocenters. The zero-order chi connectivity index (χ0) is 13.1. The predicted octanol–water partition coefficient (Wildman–Crippen LogP) is 2.10. The van der Waals surface area contributed by atoms with Crippen LogP contribution in [0.2, 0.25) is 0 Å². The van der Waals surface area contributed by atoms with Crippen LogP contribution in [0.15, 0.2) is 18.2 Å². The molecule has 1 fully saturated rings. The smallest absolute Gasteiger partial charge is 0.240 e. The molecule has 0 spiro atoms. The average molecular weight is 250 g/mol. The third-order valence-electron chi connectivity index (χ3n) is 3.32. The van der Waals surface area contributed by atoms with Gasteiger partial charge in [-0.3, -0.25) is 4.79 Å². The summed E-state index contributed by atoms with van der Waals surface area (Å²) >= 11 is 0. The van der Waals surface area contributed by atoms with E-state index in [0.29, 0.717) is 17.8 Å². The van der Waals surface area contributed by atoms with E-state index in [1.165, 1.54) is 23.8 Å². The minimum Gasteiger partial charge on any atom is -0.314 e. The van der Waals surface area contributed by atoms with Crippen LogP contribution in [-0.4, -0.2) is 26.0 Å². The summed E-state index contributed by atoms with van der Waals surface area (Å²) in [5.74, 6) is 0.428. The van der Waals surface area contributed by atoms with E-state index in [2.05, 4.69) is 5.32 Å². The Balaban J connectivity index is 1.89. The van der Waals surface area contributed by atoms with Crippen molar-refractivity contribution >= 4 is 11.6 Å². The fourth-order valence-corrected chi connectivity index (χ4v) is 1.76. The van der Waals surface area contributed by atoms with Crippen LogP contribution in [0, 0.1) is 18.7 Å². The summed E-state index contributed by atoms with van der Waals surface area (Å²) in [6.07, 6.45) is 2.53. The zero-order valence-electron chi connectivity index (χ0n) is 10.9. The Morgan fingerprint density at radius 1 is 1.50 bits per heavy atom. The molecule has 0 heterocycles. The molecule has 1 N–H and O–H groups in total. The summed E-state index contributed by atoms with van der Waals surface area (Å²) in [6, 6.07) is 4.84. The molecule has 1 aromatic rings. The highest BCUT2D eigenvalue weighted by Gasteiger charge is 2.21. The van der Waals surface area contributed by atoms with Crippen LogP contribution < -0.4 is 10.2 Å². The highest BCUT2D eigenvalue weighted by molar-refractivity contribution is 5.94. The maximum absolute atomic E-state index is 13.4. The molecule has 0 saturated heterocycles. The fourth-order valence-electron chi connectivity index (χ4n) is 1.76. The topological polar surface area (TPSA) is 32.3 Å². The van der Waals surface area contributed by atoms with Gasteiger partial charge < -0.3 is 10.2 Å². The number of rotatable bonds is 5. The van der Waals surface area contributed by atoms with Crippen molar-refractivity contribution in [1.29, 1.82) is 0 Å². The van der Waals surface area contributed by atoms with E-state index in [1.807, 2.05) is 0 Å². The Morgan fingerprint density at radius 2 is 2.22 bits per heavy atom. The van der Waals surface area contributed by atoms with E-state index >= 15 is 0 Å². The molecule has 0 radical (unpaired) electrons. The standard InChI is InChI=1S/C14H19FN2O/c1-10-3-6-12(7-13(10)15)17(2)14(18)9-16-8-11-4-5-11/h3,6-7,11,16H,4-5,8-9H2,1-2H3. The first kappa shape index (κ1) is 13.0. The maximum Gasteiger partial charge on any atom is 0.240 e. The molecule has 1 saturated carbocycles. The Morgan fingerprint density at radius 3 is 2.83 bits per heavy atom. The zero-order valence-corrected chi connectivity index (χ0v) is 10.9. The van der Waals surface area contributed by atoms with Crippen LogP contribution >= 0.6 is 0 Å². The van der Waals surface area contributed by atoms with E-state index in [0.717, 1.165) is 12.5 Å². The number of amides is 1. The molecule has 18 heavy (non-hydrogen) atoms. The van der Waals surface area contributed by atoms with Gasteiger partial charge in [0.15, 0.2) is 0 Å². The van der Waals surface area contributed by atoms with Gasteiger partial charge in [0, 0.05) is 12.7 Å².